The number of amides is 1. The standard InChI is InChI=1S/C9H10ClN3O2/c1-15-9-11-3-7(4-12-9)13-5-6(10)2-8(13)14/h3-4,6H,2,5H2,1H3. The number of carbonyl (C=O) groups is 1. The Bertz CT molecular complexity index is 368. The summed E-state index contributed by atoms with van der Waals surface area (Å²) in [7, 11) is 1.49. The lowest BCUT2D eigenvalue weighted by Crippen LogP contribution is -2.24. The third-order valence-corrected chi connectivity index (χ3v) is 2.48. The summed E-state index contributed by atoms with van der Waals surface area (Å²) in [5.41, 5.74) is 0.656. The number of hydrogen-bond acceptors (Lipinski definition) is 4. The van der Waals surface area contributed by atoms with Crippen molar-refractivity contribution in [3.8, 4) is 6.01 Å². The third-order valence-electron chi connectivity index (χ3n) is 2.19. The summed E-state index contributed by atoms with van der Waals surface area (Å²) in [5, 5.41) is -0.125. The molecule has 1 aromatic rings. The highest BCUT2D eigenvalue weighted by Gasteiger charge is 2.29. The van der Waals surface area contributed by atoms with Crippen molar-refractivity contribution in [1.29, 1.82) is 0 Å². The van der Waals surface area contributed by atoms with Crippen molar-refractivity contribution in [2.45, 2.75) is 11.8 Å². The number of carbonyl (C=O) groups excluding carboxylic acids is 1. The zero-order valence-electron chi connectivity index (χ0n) is 8.18. The van der Waals surface area contributed by atoms with Gasteiger partial charge in [0.2, 0.25) is 5.91 Å². The lowest BCUT2D eigenvalue weighted by atomic mass is 10.4. The van der Waals surface area contributed by atoms with Crippen LogP contribution in [0.5, 0.6) is 6.01 Å². The van der Waals surface area contributed by atoms with E-state index in [4.69, 9.17) is 16.3 Å². The minimum Gasteiger partial charge on any atom is -0.467 e. The minimum absolute atomic E-state index is 0.00349. The van der Waals surface area contributed by atoms with Crippen molar-refractivity contribution < 1.29 is 9.53 Å². The predicted molar refractivity (Wildman–Crippen MR) is 55.2 cm³/mol. The Morgan fingerprint density at radius 2 is 2.20 bits per heavy atom. The number of halogens is 1. The maximum absolute atomic E-state index is 11.5. The zero-order chi connectivity index (χ0) is 10.8. The van der Waals surface area contributed by atoms with E-state index in [0.717, 1.165) is 0 Å². The van der Waals surface area contributed by atoms with E-state index in [1.807, 2.05) is 0 Å². The molecule has 0 N–H and O–H groups in total. The van der Waals surface area contributed by atoms with Crippen LogP contribution in [0.1, 0.15) is 6.42 Å². The van der Waals surface area contributed by atoms with Gasteiger partial charge in [-0.1, -0.05) is 0 Å². The zero-order valence-corrected chi connectivity index (χ0v) is 8.94. The molecule has 5 nitrogen and oxygen atoms in total. The summed E-state index contributed by atoms with van der Waals surface area (Å²) in [6, 6.07) is 0.285. The van der Waals surface area contributed by atoms with Crippen LogP contribution < -0.4 is 9.64 Å². The van der Waals surface area contributed by atoms with Gasteiger partial charge in [0.15, 0.2) is 0 Å². The van der Waals surface area contributed by atoms with Crippen LogP contribution in [0.2, 0.25) is 0 Å². The number of rotatable bonds is 2. The number of anilines is 1. The molecule has 0 bridgehead atoms. The van der Waals surface area contributed by atoms with Crippen molar-refractivity contribution in [2.75, 3.05) is 18.6 Å². The van der Waals surface area contributed by atoms with Crippen LogP contribution in [0.4, 0.5) is 5.69 Å². The van der Waals surface area contributed by atoms with Gasteiger partial charge in [-0.15, -0.1) is 11.6 Å². The SMILES string of the molecule is COc1ncc(N2CC(Cl)CC2=O)cn1. The Kier molecular flexibility index (Phi) is 2.73. The van der Waals surface area contributed by atoms with E-state index in [2.05, 4.69) is 9.97 Å². The first-order valence-electron chi connectivity index (χ1n) is 4.51. The maximum atomic E-state index is 11.5. The minimum atomic E-state index is -0.125. The Morgan fingerprint density at radius 3 is 2.67 bits per heavy atom. The van der Waals surface area contributed by atoms with E-state index in [1.54, 1.807) is 17.3 Å². The number of aromatic nitrogens is 2. The molecule has 1 saturated heterocycles. The van der Waals surface area contributed by atoms with Crippen LogP contribution in [0.15, 0.2) is 12.4 Å². The molecule has 1 aliphatic heterocycles. The summed E-state index contributed by atoms with van der Waals surface area (Å²) in [4.78, 5) is 20.9. The molecule has 0 aliphatic carbocycles. The van der Waals surface area contributed by atoms with E-state index in [0.29, 0.717) is 18.7 Å². The maximum Gasteiger partial charge on any atom is 0.316 e. The van der Waals surface area contributed by atoms with Crippen LogP contribution in [0, 0.1) is 0 Å². The van der Waals surface area contributed by atoms with Crippen LogP contribution in [0.25, 0.3) is 0 Å². The molecule has 0 saturated carbocycles. The van der Waals surface area contributed by atoms with Gasteiger partial charge in [0.25, 0.3) is 0 Å². The summed E-state index contributed by atoms with van der Waals surface area (Å²) in [6.45, 7) is 0.510. The normalized spacial score (nSPS) is 20.8. The molecule has 15 heavy (non-hydrogen) atoms. The van der Waals surface area contributed by atoms with Gasteiger partial charge in [0.1, 0.15) is 0 Å². The fraction of sp³-hybridized carbons (Fsp3) is 0.444. The largest absolute Gasteiger partial charge is 0.467 e. The van der Waals surface area contributed by atoms with E-state index in [-0.39, 0.29) is 17.3 Å². The number of hydrogen-bond donors (Lipinski definition) is 0. The molecule has 0 spiro atoms. The fourth-order valence-electron chi connectivity index (χ4n) is 1.47. The van der Waals surface area contributed by atoms with Crippen molar-refractivity contribution in [3.63, 3.8) is 0 Å². The van der Waals surface area contributed by atoms with Crippen molar-refractivity contribution >= 4 is 23.2 Å². The highest BCUT2D eigenvalue weighted by Crippen LogP contribution is 2.23. The number of ether oxygens (including phenoxy) is 1. The second-order valence-corrected chi connectivity index (χ2v) is 3.85. The molecule has 2 rings (SSSR count). The van der Waals surface area contributed by atoms with E-state index >= 15 is 0 Å². The van der Waals surface area contributed by atoms with Gasteiger partial charge in [-0.25, -0.2) is 9.97 Å². The van der Waals surface area contributed by atoms with Gasteiger partial charge in [0, 0.05) is 13.0 Å². The molecule has 1 aromatic heterocycles. The van der Waals surface area contributed by atoms with E-state index in [9.17, 15) is 4.79 Å². The Balaban J connectivity index is 2.19. The monoisotopic (exact) mass is 227 g/mol. The molecule has 80 valence electrons. The molecule has 1 unspecified atom stereocenters. The first kappa shape index (κ1) is 10.2. The molecular weight excluding hydrogens is 218 g/mol. The van der Waals surface area contributed by atoms with Gasteiger partial charge >= 0.3 is 6.01 Å². The predicted octanol–water partition coefficient (Wildman–Crippen LogP) is 0.829. The second kappa shape index (κ2) is 4.02. The Labute approximate surface area is 92.0 Å². The molecule has 1 fully saturated rings. The molecule has 2 heterocycles. The summed E-state index contributed by atoms with van der Waals surface area (Å²) in [6.07, 6.45) is 3.48. The van der Waals surface area contributed by atoms with E-state index in [1.165, 1.54) is 7.11 Å². The molecule has 0 radical (unpaired) electrons. The van der Waals surface area contributed by atoms with Gasteiger partial charge in [-0.2, -0.15) is 0 Å². The lowest BCUT2D eigenvalue weighted by Gasteiger charge is -2.14. The first-order valence-corrected chi connectivity index (χ1v) is 4.95. The molecular formula is C9H10ClN3O2. The smallest absolute Gasteiger partial charge is 0.316 e. The number of nitrogens with zero attached hydrogens (tertiary/aromatic N) is 3. The summed E-state index contributed by atoms with van der Waals surface area (Å²) < 4.78 is 4.83. The van der Waals surface area contributed by atoms with Crippen LogP contribution in [-0.2, 0) is 4.79 Å². The summed E-state index contributed by atoms with van der Waals surface area (Å²) >= 11 is 5.88. The lowest BCUT2D eigenvalue weighted by molar-refractivity contribution is -0.117. The Hall–Kier alpha value is -1.36. The average molecular weight is 228 g/mol. The summed E-state index contributed by atoms with van der Waals surface area (Å²) in [5.74, 6) is 0.00349. The molecule has 1 amide bonds. The highest BCUT2D eigenvalue weighted by molar-refractivity contribution is 6.24. The van der Waals surface area contributed by atoms with Crippen LogP contribution in [0.3, 0.4) is 0 Å². The van der Waals surface area contributed by atoms with Crippen LogP contribution >= 0.6 is 11.6 Å². The van der Waals surface area contributed by atoms with Crippen LogP contribution in [-0.4, -0.2) is 34.9 Å². The van der Waals surface area contributed by atoms with Gasteiger partial charge < -0.3 is 9.64 Å². The topological polar surface area (TPSA) is 55.3 Å². The van der Waals surface area contributed by atoms with Crippen molar-refractivity contribution in [2.24, 2.45) is 0 Å². The quantitative estimate of drug-likeness (QED) is 0.703. The van der Waals surface area contributed by atoms with Crippen molar-refractivity contribution in [1.82, 2.24) is 9.97 Å². The average Bonchev–Trinajstić information content (AvgIpc) is 2.58. The van der Waals surface area contributed by atoms with E-state index < -0.39 is 0 Å². The second-order valence-electron chi connectivity index (χ2n) is 3.23. The fourth-order valence-corrected chi connectivity index (χ4v) is 1.74. The van der Waals surface area contributed by atoms with Crippen molar-refractivity contribution in [3.05, 3.63) is 12.4 Å². The molecule has 6 heteroatoms. The first-order chi connectivity index (χ1) is 7.20. The van der Waals surface area contributed by atoms with Gasteiger partial charge in [-0.05, 0) is 0 Å². The third kappa shape index (κ3) is 2.02. The number of alkyl halides is 1. The molecule has 1 aliphatic rings. The van der Waals surface area contributed by atoms with Gasteiger partial charge in [0.05, 0.1) is 30.6 Å². The molecule has 1 atom stereocenters. The number of methoxy groups -OCH3 is 1. The van der Waals surface area contributed by atoms with Gasteiger partial charge in [-0.3, -0.25) is 4.79 Å². The molecule has 0 aromatic carbocycles. The Morgan fingerprint density at radius 1 is 1.53 bits per heavy atom. The highest BCUT2D eigenvalue weighted by atomic mass is 35.5.